The van der Waals surface area contributed by atoms with Crippen molar-refractivity contribution >= 4 is 0 Å². The third kappa shape index (κ3) is 2.74. The topological polar surface area (TPSA) is 59.3 Å². The predicted molar refractivity (Wildman–Crippen MR) is 69.3 cm³/mol. The zero-order valence-electron chi connectivity index (χ0n) is 11.4. The molecule has 5 heteroatoms. The van der Waals surface area contributed by atoms with Crippen molar-refractivity contribution in [1.29, 1.82) is 0 Å². The van der Waals surface area contributed by atoms with E-state index in [1.54, 1.807) is 0 Å². The number of nitrogens with one attached hydrogen (secondary N) is 1. The molecular formula is C13H23N3O2. The van der Waals surface area contributed by atoms with Crippen LogP contribution in [-0.4, -0.2) is 39.7 Å². The molecule has 2 atom stereocenters. The molecule has 0 saturated carbocycles. The van der Waals surface area contributed by atoms with Crippen LogP contribution in [0.3, 0.4) is 0 Å². The highest BCUT2D eigenvalue weighted by Gasteiger charge is 2.38. The number of nitrogens with zero attached hydrogens (tertiary/aromatic N) is 2. The van der Waals surface area contributed by atoms with Gasteiger partial charge >= 0.3 is 0 Å². The Morgan fingerprint density at radius 3 is 3.06 bits per heavy atom. The molecule has 1 aromatic rings. The van der Waals surface area contributed by atoms with Crippen LogP contribution in [0.2, 0.25) is 0 Å². The highest BCUT2D eigenvalue weighted by molar-refractivity contribution is 5.16. The van der Waals surface area contributed by atoms with Crippen LogP contribution in [0.25, 0.3) is 0 Å². The van der Waals surface area contributed by atoms with Crippen molar-refractivity contribution in [2.24, 2.45) is 7.05 Å². The SMILES string of the molecule is CCc1nn(C)cc1CNCC1(O)CCOC1C. The maximum atomic E-state index is 10.4. The van der Waals surface area contributed by atoms with Gasteiger partial charge in [-0.3, -0.25) is 4.68 Å². The second kappa shape index (κ2) is 5.38. The molecule has 1 fully saturated rings. The molecule has 2 N–H and O–H groups in total. The molecule has 2 rings (SSSR count). The lowest BCUT2D eigenvalue weighted by Gasteiger charge is -2.26. The number of hydrogen-bond acceptors (Lipinski definition) is 4. The summed E-state index contributed by atoms with van der Waals surface area (Å²) in [6.45, 7) is 5.98. The molecule has 0 spiro atoms. The van der Waals surface area contributed by atoms with Crippen molar-refractivity contribution in [3.8, 4) is 0 Å². The minimum absolute atomic E-state index is 0.0930. The van der Waals surface area contributed by atoms with Crippen molar-refractivity contribution in [3.63, 3.8) is 0 Å². The van der Waals surface area contributed by atoms with Gasteiger partial charge in [0.2, 0.25) is 0 Å². The van der Waals surface area contributed by atoms with Gasteiger partial charge in [0.25, 0.3) is 0 Å². The summed E-state index contributed by atoms with van der Waals surface area (Å²) in [5, 5.41) is 18.1. The summed E-state index contributed by atoms with van der Waals surface area (Å²) in [6.07, 6.45) is 3.57. The number of aromatic nitrogens is 2. The summed E-state index contributed by atoms with van der Waals surface area (Å²) in [5.74, 6) is 0. The monoisotopic (exact) mass is 253 g/mol. The molecule has 0 aliphatic carbocycles. The zero-order valence-corrected chi connectivity index (χ0v) is 11.4. The average molecular weight is 253 g/mol. The summed E-state index contributed by atoms with van der Waals surface area (Å²) < 4.78 is 7.25. The summed E-state index contributed by atoms with van der Waals surface area (Å²) in [5.41, 5.74) is 1.59. The third-order valence-electron chi connectivity index (χ3n) is 3.73. The van der Waals surface area contributed by atoms with E-state index in [0.717, 1.165) is 18.7 Å². The Labute approximate surface area is 108 Å². The molecule has 0 amide bonds. The van der Waals surface area contributed by atoms with Gasteiger partial charge in [0.05, 0.1) is 11.8 Å². The first-order valence-electron chi connectivity index (χ1n) is 6.61. The highest BCUT2D eigenvalue weighted by Crippen LogP contribution is 2.24. The molecule has 2 unspecified atom stereocenters. The van der Waals surface area contributed by atoms with Crippen LogP contribution in [0, 0.1) is 0 Å². The Morgan fingerprint density at radius 2 is 2.44 bits per heavy atom. The number of hydrogen-bond donors (Lipinski definition) is 2. The summed E-state index contributed by atoms with van der Waals surface area (Å²) in [7, 11) is 1.93. The van der Waals surface area contributed by atoms with Crippen molar-refractivity contribution in [2.75, 3.05) is 13.2 Å². The Bertz CT molecular complexity index is 405. The normalized spacial score (nSPS) is 27.9. The van der Waals surface area contributed by atoms with Crippen LogP contribution >= 0.6 is 0 Å². The lowest BCUT2D eigenvalue weighted by molar-refractivity contribution is -0.0263. The Balaban J connectivity index is 1.88. The molecule has 2 heterocycles. The van der Waals surface area contributed by atoms with E-state index < -0.39 is 5.60 Å². The van der Waals surface area contributed by atoms with Crippen molar-refractivity contribution < 1.29 is 9.84 Å². The lowest BCUT2D eigenvalue weighted by atomic mass is 9.96. The first-order chi connectivity index (χ1) is 8.55. The molecule has 1 saturated heterocycles. The first-order valence-corrected chi connectivity index (χ1v) is 6.61. The first kappa shape index (κ1) is 13.5. The van der Waals surface area contributed by atoms with E-state index in [-0.39, 0.29) is 6.10 Å². The maximum Gasteiger partial charge on any atom is 0.105 e. The van der Waals surface area contributed by atoms with Gasteiger partial charge in [-0.05, 0) is 13.3 Å². The smallest absolute Gasteiger partial charge is 0.105 e. The third-order valence-corrected chi connectivity index (χ3v) is 3.73. The Hall–Kier alpha value is -0.910. The molecular weight excluding hydrogens is 230 g/mol. The van der Waals surface area contributed by atoms with Gasteiger partial charge in [0, 0.05) is 44.9 Å². The summed E-state index contributed by atoms with van der Waals surface area (Å²) in [4.78, 5) is 0. The molecule has 1 aromatic heterocycles. The van der Waals surface area contributed by atoms with Crippen LogP contribution in [0.4, 0.5) is 0 Å². The number of ether oxygens (including phenoxy) is 1. The molecule has 5 nitrogen and oxygen atoms in total. The van der Waals surface area contributed by atoms with E-state index in [1.165, 1.54) is 5.56 Å². The van der Waals surface area contributed by atoms with E-state index in [4.69, 9.17) is 4.74 Å². The zero-order chi connectivity index (χ0) is 13.2. The van der Waals surface area contributed by atoms with Crippen LogP contribution in [-0.2, 0) is 24.8 Å². The van der Waals surface area contributed by atoms with Gasteiger partial charge in [0.15, 0.2) is 0 Å². The molecule has 0 radical (unpaired) electrons. The van der Waals surface area contributed by atoms with Gasteiger partial charge in [0.1, 0.15) is 5.60 Å². The van der Waals surface area contributed by atoms with Gasteiger partial charge in [-0.1, -0.05) is 6.92 Å². The second-order valence-electron chi connectivity index (χ2n) is 5.10. The lowest BCUT2D eigenvalue weighted by Crippen LogP contribution is -2.45. The fourth-order valence-corrected chi connectivity index (χ4v) is 2.45. The molecule has 1 aliphatic heterocycles. The predicted octanol–water partition coefficient (Wildman–Crippen LogP) is 0.612. The average Bonchev–Trinajstić information content (AvgIpc) is 2.84. The molecule has 0 bridgehead atoms. The Morgan fingerprint density at radius 1 is 1.67 bits per heavy atom. The fourth-order valence-electron chi connectivity index (χ4n) is 2.45. The maximum absolute atomic E-state index is 10.4. The summed E-state index contributed by atoms with van der Waals surface area (Å²) >= 11 is 0. The standard InChI is InChI=1S/C13H23N3O2/c1-4-12-11(8-16(3)15-12)7-14-9-13(17)5-6-18-10(13)2/h8,10,14,17H,4-7,9H2,1-3H3. The largest absolute Gasteiger partial charge is 0.386 e. The quantitative estimate of drug-likeness (QED) is 0.807. The highest BCUT2D eigenvalue weighted by atomic mass is 16.5. The van der Waals surface area contributed by atoms with Crippen LogP contribution in [0.1, 0.15) is 31.5 Å². The molecule has 0 aromatic carbocycles. The molecule has 18 heavy (non-hydrogen) atoms. The van der Waals surface area contributed by atoms with E-state index in [1.807, 2.05) is 24.9 Å². The van der Waals surface area contributed by atoms with E-state index in [2.05, 4.69) is 17.3 Å². The number of aryl methyl sites for hydroxylation is 2. The van der Waals surface area contributed by atoms with Crippen molar-refractivity contribution in [1.82, 2.24) is 15.1 Å². The van der Waals surface area contributed by atoms with Gasteiger partial charge in [-0.2, -0.15) is 5.10 Å². The fraction of sp³-hybridized carbons (Fsp3) is 0.769. The minimum atomic E-state index is -0.728. The molecule has 1 aliphatic rings. The minimum Gasteiger partial charge on any atom is -0.386 e. The molecule has 102 valence electrons. The Kier molecular flexibility index (Phi) is 4.04. The second-order valence-corrected chi connectivity index (χ2v) is 5.10. The van der Waals surface area contributed by atoms with Gasteiger partial charge < -0.3 is 15.2 Å². The van der Waals surface area contributed by atoms with Crippen LogP contribution in [0.5, 0.6) is 0 Å². The van der Waals surface area contributed by atoms with E-state index in [9.17, 15) is 5.11 Å². The van der Waals surface area contributed by atoms with Crippen LogP contribution < -0.4 is 5.32 Å². The summed E-state index contributed by atoms with van der Waals surface area (Å²) in [6, 6.07) is 0. The van der Waals surface area contributed by atoms with E-state index in [0.29, 0.717) is 19.6 Å². The van der Waals surface area contributed by atoms with Crippen LogP contribution in [0.15, 0.2) is 6.20 Å². The van der Waals surface area contributed by atoms with Gasteiger partial charge in [-0.15, -0.1) is 0 Å². The van der Waals surface area contributed by atoms with Crippen molar-refractivity contribution in [2.45, 2.75) is 44.9 Å². The number of aliphatic hydroxyl groups is 1. The van der Waals surface area contributed by atoms with Crippen molar-refractivity contribution in [3.05, 3.63) is 17.5 Å². The van der Waals surface area contributed by atoms with E-state index >= 15 is 0 Å². The number of rotatable bonds is 5. The van der Waals surface area contributed by atoms with Gasteiger partial charge in [-0.25, -0.2) is 0 Å².